The number of methoxy groups -OCH3 is 1. The van der Waals surface area contributed by atoms with E-state index in [-0.39, 0.29) is 30.7 Å². The number of rotatable bonds is 10. The van der Waals surface area contributed by atoms with Crippen molar-refractivity contribution in [3.8, 4) is 5.75 Å². The maximum Gasteiger partial charge on any atom is 0.317 e. The van der Waals surface area contributed by atoms with Crippen LogP contribution < -0.4 is 4.74 Å². The lowest BCUT2D eigenvalue weighted by Gasteiger charge is -2.37. The van der Waals surface area contributed by atoms with E-state index in [0.29, 0.717) is 32.5 Å². The minimum Gasteiger partial charge on any atom is -0.497 e. The van der Waals surface area contributed by atoms with E-state index in [1.54, 1.807) is 14.0 Å². The second-order valence-corrected chi connectivity index (χ2v) is 9.11. The summed E-state index contributed by atoms with van der Waals surface area (Å²) in [4.78, 5) is 13.3. The molecule has 0 unspecified atom stereocenters. The predicted molar refractivity (Wildman–Crippen MR) is 112 cm³/mol. The molecular formula is C19H31ClN2O5S. The van der Waals surface area contributed by atoms with Crippen LogP contribution in [0.2, 0.25) is 0 Å². The number of piperidine rings is 1. The molecule has 0 amide bonds. The highest BCUT2D eigenvalue weighted by molar-refractivity contribution is 7.89. The SMILES string of the molecule is CCS(=O)(=O)N1CCC(N(CCCc2cccc(OC)c2)CC(=O)O)CC1.Cl. The highest BCUT2D eigenvalue weighted by Crippen LogP contribution is 2.20. The largest absolute Gasteiger partial charge is 0.497 e. The van der Waals surface area contributed by atoms with Crippen LogP contribution in [-0.4, -0.2) is 73.8 Å². The van der Waals surface area contributed by atoms with Gasteiger partial charge in [-0.15, -0.1) is 12.4 Å². The van der Waals surface area contributed by atoms with Crippen molar-refractivity contribution >= 4 is 28.4 Å². The van der Waals surface area contributed by atoms with E-state index in [1.807, 2.05) is 29.2 Å². The van der Waals surface area contributed by atoms with Crippen LogP contribution in [0.1, 0.15) is 31.7 Å². The third-order valence-electron chi connectivity index (χ3n) is 5.08. The third kappa shape index (κ3) is 7.24. The summed E-state index contributed by atoms with van der Waals surface area (Å²) in [6, 6.07) is 7.99. The zero-order valence-electron chi connectivity index (χ0n) is 16.5. The topological polar surface area (TPSA) is 87.2 Å². The van der Waals surface area contributed by atoms with Crippen LogP contribution in [0.25, 0.3) is 0 Å². The van der Waals surface area contributed by atoms with E-state index in [1.165, 1.54) is 4.31 Å². The Morgan fingerprint density at radius 2 is 2.00 bits per heavy atom. The average Bonchev–Trinajstić information content (AvgIpc) is 2.67. The number of carboxylic acids is 1. The molecule has 0 aromatic heterocycles. The highest BCUT2D eigenvalue weighted by atomic mass is 35.5. The van der Waals surface area contributed by atoms with E-state index in [4.69, 9.17) is 4.74 Å². The van der Waals surface area contributed by atoms with Gasteiger partial charge in [-0.25, -0.2) is 12.7 Å². The summed E-state index contributed by atoms with van der Waals surface area (Å²) in [6.45, 7) is 3.24. The molecule has 160 valence electrons. The standard InChI is InChI=1S/C19H30N2O5S.ClH/c1-3-27(24,25)21-12-9-17(10-13-21)20(15-19(22)23)11-5-7-16-6-4-8-18(14-16)26-2;/h4,6,8,14,17H,3,5,7,9-13,15H2,1-2H3,(H,22,23);1H. The van der Waals surface area contributed by atoms with Gasteiger partial charge in [0.1, 0.15) is 5.75 Å². The Labute approximate surface area is 174 Å². The first-order valence-electron chi connectivity index (χ1n) is 9.42. The molecule has 1 aromatic carbocycles. The number of nitrogens with zero attached hydrogens (tertiary/aromatic N) is 2. The summed E-state index contributed by atoms with van der Waals surface area (Å²) in [5.41, 5.74) is 1.16. The second-order valence-electron chi connectivity index (χ2n) is 6.85. The first-order chi connectivity index (χ1) is 12.9. The summed E-state index contributed by atoms with van der Waals surface area (Å²) >= 11 is 0. The van der Waals surface area contributed by atoms with Crippen molar-refractivity contribution < 1.29 is 23.1 Å². The molecule has 7 nitrogen and oxygen atoms in total. The van der Waals surface area contributed by atoms with Gasteiger partial charge in [0.05, 0.1) is 19.4 Å². The Balaban J connectivity index is 0.00000392. The van der Waals surface area contributed by atoms with E-state index in [0.717, 1.165) is 24.2 Å². The van der Waals surface area contributed by atoms with Crippen LogP contribution in [-0.2, 0) is 21.2 Å². The number of sulfonamides is 1. The van der Waals surface area contributed by atoms with Gasteiger partial charge in [0.25, 0.3) is 0 Å². The number of hydrogen-bond acceptors (Lipinski definition) is 5. The zero-order valence-corrected chi connectivity index (χ0v) is 18.2. The van der Waals surface area contributed by atoms with Crippen LogP contribution in [0.3, 0.4) is 0 Å². The maximum atomic E-state index is 12.0. The molecule has 0 spiro atoms. The fraction of sp³-hybridized carbons (Fsp3) is 0.632. The molecule has 1 aromatic rings. The van der Waals surface area contributed by atoms with Crippen molar-refractivity contribution in [2.24, 2.45) is 0 Å². The molecule has 0 bridgehead atoms. The van der Waals surface area contributed by atoms with Crippen molar-refractivity contribution in [2.45, 2.75) is 38.6 Å². The van der Waals surface area contributed by atoms with Gasteiger partial charge in [0.2, 0.25) is 10.0 Å². The molecule has 1 aliphatic heterocycles. The van der Waals surface area contributed by atoms with Gasteiger partial charge >= 0.3 is 5.97 Å². The van der Waals surface area contributed by atoms with Crippen LogP contribution in [0.5, 0.6) is 5.75 Å². The minimum atomic E-state index is -3.17. The molecule has 0 radical (unpaired) electrons. The Hall–Kier alpha value is -1.35. The van der Waals surface area contributed by atoms with Crippen molar-refractivity contribution in [1.82, 2.24) is 9.21 Å². The first kappa shape index (κ1) is 24.7. The van der Waals surface area contributed by atoms with Crippen molar-refractivity contribution in [1.29, 1.82) is 0 Å². The summed E-state index contributed by atoms with van der Waals surface area (Å²) in [6.07, 6.45) is 3.03. The van der Waals surface area contributed by atoms with Crippen molar-refractivity contribution in [3.05, 3.63) is 29.8 Å². The Morgan fingerprint density at radius 1 is 1.32 bits per heavy atom. The fourth-order valence-corrected chi connectivity index (χ4v) is 4.68. The number of ether oxygens (including phenoxy) is 1. The lowest BCUT2D eigenvalue weighted by atomic mass is 10.0. The van der Waals surface area contributed by atoms with Crippen LogP contribution >= 0.6 is 12.4 Å². The van der Waals surface area contributed by atoms with E-state index >= 15 is 0 Å². The molecule has 1 N–H and O–H groups in total. The quantitative estimate of drug-likeness (QED) is 0.607. The molecule has 0 aliphatic carbocycles. The van der Waals surface area contributed by atoms with Gasteiger partial charge in [-0.3, -0.25) is 9.69 Å². The molecular weight excluding hydrogens is 404 g/mol. The molecule has 0 saturated carbocycles. The van der Waals surface area contributed by atoms with Gasteiger partial charge in [-0.05, 0) is 56.8 Å². The Bertz CT molecular complexity index is 721. The number of carbonyl (C=O) groups is 1. The van der Waals surface area contributed by atoms with Gasteiger partial charge in [-0.1, -0.05) is 12.1 Å². The Morgan fingerprint density at radius 3 is 2.57 bits per heavy atom. The van der Waals surface area contributed by atoms with E-state index in [2.05, 4.69) is 0 Å². The van der Waals surface area contributed by atoms with Crippen LogP contribution in [0, 0.1) is 0 Å². The Kier molecular flexibility index (Phi) is 10.2. The molecule has 2 rings (SSSR count). The van der Waals surface area contributed by atoms with Crippen molar-refractivity contribution in [2.75, 3.05) is 39.0 Å². The average molecular weight is 435 g/mol. The van der Waals surface area contributed by atoms with Gasteiger partial charge < -0.3 is 9.84 Å². The maximum absolute atomic E-state index is 12.0. The highest BCUT2D eigenvalue weighted by Gasteiger charge is 2.30. The molecule has 28 heavy (non-hydrogen) atoms. The molecule has 1 aliphatic rings. The van der Waals surface area contributed by atoms with Crippen molar-refractivity contribution in [3.63, 3.8) is 0 Å². The molecule has 1 saturated heterocycles. The van der Waals surface area contributed by atoms with E-state index in [9.17, 15) is 18.3 Å². The summed E-state index contributed by atoms with van der Waals surface area (Å²) in [7, 11) is -1.53. The zero-order chi connectivity index (χ0) is 19.9. The lowest BCUT2D eigenvalue weighted by Crippen LogP contribution is -2.48. The molecule has 1 heterocycles. The van der Waals surface area contributed by atoms with Crippen LogP contribution in [0.15, 0.2) is 24.3 Å². The fourth-order valence-electron chi connectivity index (χ4n) is 3.55. The smallest absolute Gasteiger partial charge is 0.317 e. The summed E-state index contributed by atoms with van der Waals surface area (Å²) < 4.78 is 30.8. The minimum absolute atomic E-state index is 0. The summed E-state index contributed by atoms with van der Waals surface area (Å²) in [5, 5.41) is 9.25. The van der Waals surface area contributed by atoms with Crippen LogP contribution in [0.4, 0.5) is 0 Å². The number of hydrogen-bond donors (Lipinski definition) is 1. The number of aliphatic carboxylic acids is 1. The van der Waals surface area contributed by atoms with Gasteiger partial charge in [0.15, 0.2) is 0 Å². The number of benzene rings is 1. The summed E-state index contributed by atoms with van der Waals surface area (Å²) in [5.74, 6) is 0.0798. The lowest BCUT2D eigenvalue weighted by molar-refractivity contribution is -0.139. The first-order valence-corrected chi connectivity index (χ1v) is 11.0. The molecule has 0 atom stereocenters. The van der Waals surface area contributed by atoms with Gasteiger partial charge in [0, 0.05) is 19.1 Å². The predicted octanol–water partition coefficient (Wildman–Crippen LogP) is 2.25. The van der Waals surface area contributed by atoms with Gasteiger partial charge in [-0.2, -0.15) is 0 Å². The third-order valence-corrected chi connectivity index (χ3v) is 6.96. The normalized spacial score (nSPS) is 16.0. The van der Waals surface area contributed by atoms with E-state index < -0.39 is 16.0 Å². The molecule has 9 heteroatoms. The number of aryl methyl sites for hydroxylation is 1. The monoisotopic (exact) mass is 434 g/mol. The number of halogens is 1. The number of carboxylic acid groups (broad SMARTS) is 1. The second kappa shape index (κ2) is 11.6. The molecule has 1 fully saturated rings.